The Kier molecular flexibility index (Phi) is 5.40. The summed E-state index contributed by atoms with van der Waals surface area (Å²) in [5, 5.41) is 23.5. The number of aliphatic hydroxyl groups excluding tert-OH is 1. The van der Waals surface area contributed by atoms with Gasteiger partial charge in [-0.15, -0.1) is 11.3 Å². The van der Waals surface area contributed by atoms with Gasteiger partial charge in [0.15, 0.2) is 5.13 Å². The maximum atomic E-state index is 11.0. The van der Waals surface area contributed by atoms with E-state index >= 15 is 0 Å². The molecule has 0 radical (unpaired) electrons. The standard InChI is InChI=1S/C25H35N3O2S/c1-24(2)6-7-25(3,30)21-13-17(4-5-20(21)24)22-16-31-23(26-22)28-10-8-27(9-11-28)14-18-12-19(18)15-29/h4-5,13,16,18-19,29-30H,6-12,14-15H2,1-3H3. The Morgan fingerprint density at radius 2 is 1.84 bits per heavy atom. The van der Waals surface area contributed by atoms with Crippen LogP contribution in [-0.2, 0) is 11.0 Å². The highest BCUT2D eigenvalue weighted by atomic mass is 32.1. The molecule has 6 heteroatoms. The molecule has 3 atom stereocenters. The summed E-state index contributed by atoms with van der Waals surface area (Å²) in [7, 11) is 0. The number of rotatable bonds is 5. The van der Waals surface area contributed by atoms with E-state index in [1.54, 1.807) is 11.3 Å². The summed E-state index contributed by atoms with van der Waals surface area (Å²) in [5.41, 5.74) is 3.76. The number of hydrogen-bond acceptors (Lipinski definition) is 6. The molecule has 31 heavy (non-hydrogen) atoms. The van der Waals surface area contributed by atoms with E-state index in [1.165, 1.54) is 12.0 Å². The molecule has 5 nitrogen and oxygen atoms in total. The number of anilines is 1. The van der Waals surface area contributed by atoms with Crippen LogP contribution in [-0.4, -0.2) is 59.4 Å². The Morgan fingerprint density at radius 1 is 1.06 bits per heavy atom. The van der Waals surface area contributed by atoms with Crippen molar-refractivity contribution in [2.75, 3.05) is 44.2 Å². The molecule has 2 fully saturated rings. The topological polar surface area (TPSA) is 59.8 Å². The number of aliphatic hydroxyl groups is 2. The number of hydrogen-bond donors (Lipinski definition) is 2. The first kappa shape index (κ1) is 21.4. The van der Waals surface area contributed by atoms with Gasteiger partial charge in [0.1, 0.15) is 0 Å². The Morgan fingerprint density at radius 3 is 2.55 bits per heavy atom. The fourth-order valence-electron chi connectivity index (χ4n) is 5.32. The Hall–Kier alpha value is -1.47. The zero-order chi connectivity index (χ0) is 21.8. The molecule has 2 aliphatic carbocycles. The predicted octanol–water partition coefficient (Wildman–Crippen LogP) is 3.84. The average Bonchev–Trinajstić information content (AvgIpc) is 3.32. The summed E-state index contributed by atoms with van der Waals surface area (Å²) >= 11 is 1.72. The lowest BCUT2D eigenvalue weighted by Gasteiger charge is -2.40. The molecule has 1 aromatic heterocycles. The zero-order valence-corrected chi connectivity index (χ0v) is 19.8. The minimum absolute atomic E-state index is 0.0979. The van der Waals surface area contributed by atoms with E-state index in [0.717, 1.165) is 67.5 Å². The summed E-state index contributed by atoms with van der Waals surface area (Å²) < 4.78 is 0. The van der Waals surface area contributed by atoms with Crippen LogP contribution in [0.2, 0.25) is 0 Å². The quantitative estimate of drug-likeness (QED) is 0.738. The number of nitrogens with zero attached hydrogens (tertiary/aromatic N) is 3. The van der Waals surface area contributed by atoms with Gasteiger partial charge in [0.2, 0.25) is 0 Å². The molecule has 0 spiro atoms. The van der Waals surface area contributed by atoms with Gasteiger partial charge in [0.05, 0.1) is 11.3 Å². The Bertz CT molecular complexity index is 946. The van der Waals surface area contributed by atoms with Crippen molar-refractivity contribution in [1.82, 2.24) is 9.88 Å². The van der Waals surface area contributed by atoms with Crippen LogP contribution in [0.25, 0.3) is 11.3 Å². The second-order valence-electron chi connectivity index (χ2n) is 10.7. The minimum Gasteiger partial charge on any atom is -0.396 e. The van der Waals surface area contributed by atoms with Crippen LogP contribution in [0.5, 0.6) is 0 Å². The first-order valence-corrected chi connectivity index (χ1v) is 12.6. The molecule has 3 aliphatic rings. The summed E-state index contributed by atoms with van der Waals surface area (Å²) in [5.74, 6) is 1.25. The largest absolute Gasteiger partial charge is 0.396 e. The molecule has 168 valence electrons. The maximum absolute atomic E-state index is 11.0. The highest BCUT2D eigenvalue weighted by Crippen LogP contribution is 2.46. The van der Waals surface area contributed by atoms with Gasteiger partial charge in [-0.1, -0.05) is 26.0 Å². The van der Waals surface area contributed by atoms with Crippen LogP contribution in [0.4, 0.5) is 5.13 Å². The van der Waals surface area contributed by atoms with Crippen molar-refractivity contribution in [2.45, 2.75) is 51.0 Å². The second kappa shape index (κ2) is 7.84. The summed E-state index contributed by atoms with van der Waals surface area (Å²) in [6.07, 6.45) is 2.99. The van der Waals surface area contributed by atoms with Gasteiger partial charge in [-0.05, 0) is 60.6 Å². The van der Waals surface area contributed by atoms with Crippen LogP contribution in [0.1, 0.15) is 51.2 Å². The second-order valence-corrected chi connectivity index (χ2v) is 11.5. The Labute approximate surface area is 189 Å². The fraction of sp³-hybridized carbons (Fsp3) is 0.640. The molecular weight excluding hydrogens is 406 g/mol. The summed E-state index contributed by atoms with van der Waals surface area (Å²) in [4.78, 5) is 9.91. The molecule has 1 aromatic carbocycles. The van der Waals surface area contributed by atoms with Crippen LogP contribution in [0.15, 0.2) is 23.6 Å². The van der Waals surface area contributed by atoms with E-state index < -0.39 is 5.60 Å². The molecule has 2 heterocycles. The SMILES string of the molecule is CC1(C)CCC(C)(O)c2cc(-c3csc(N4CCN(CC5CC5CO)CC4)n3)ccc21. The van der Waals surface area contributed by atoms with Gasteiger partial charge in [0.25, 0.3) is 0 Å². The van der Waals surface area contributed by atoms with E-state index in [9.17, 15) is 10.2 Å². The van der Waals surface area contributed by atoms with E-state index in [1.807, 2.05) is 6.92 Å². The fourth-order valence-corrected chi connectivity index (χ4v) is 6.21. The van der Waals surface area contributed by atoms with E-state index in [2.05, 4.69) is 47.2 Å². The molecule has 1 saturated carbocycles. The lowest BCUT2D eigenvalue weighted by atomic mass is 9.67. The van der Waals surface area contributed by atoms with Gasteiger partial charge in [0, 0.05) is 50.3 Å². The number of aromatic nitrogens is 1. The lowest BCUT2D eigenvalue weighted by molar-refractivity contribution is 0.0278. The van der Waals surface area contributed by atoms with Gasteiger partial charge < -0.3 is 15.1 Å². The monoisotopic (exact) mass is 441 g/mol. The molecule has 0 bridgehead atoms. The highest BCUT2D eigenvalue weighted by molar-refractivity contribution is 7.14. The smallest absolute Gasteiger partial charge is 0.185 e. The molecule has 0 amide bonds. The van der Waals surface area contributed by atoms with Crippen molar-refractivity contribution in [3.8, 4) is 11.3 Å². The van der Waals surface area contributed by atoms with E-state index in [-0.39, 0.29) is 5.41 Å². The van der Waals surface area contributed by atoms with Crippen molar-refractivity contribution >= 4 is 16.5 Å². The summed E-state index contributed by atoms with van der Waals surface area (Å²) in [6.45, 7) is 12.1. The number of benzene rings is 1. The molecular formula is C25H35N3O2S. The number of thiazole rings is 1. The molecule has 5 rings (SSSR count). The van der Waals surface area contributed by atoms with E-state index in [4.69, 9.17) is 4.98 Å². The average molecular weight is 442 g/mol. The van der Waals surface area contributed by atoms with Gasteiger partial charge in [-0.25, -0.2) is 4.98 Å². The van der Waals surface area contributed by atoms with Crippen LogP contribution in [0.3, 0.4) is 0 Å². The van der Waals surface area contributed by atoms with Crippen molar-refractivity contribution in [3.63, 3.8) is 0 Å². The normalized spacial score (nSPS) is 30.3. The zero-order valence-electron chi connectivity index (χ0n) is 19.0. The molecule has 3 unspecified atom stereocenters. The van der Waals surface area contributed by atoms with Crippen LogP contribution < -0.4 is 4.90 Å². The maximum Gasteiger partial charge on any atom is 0.185 e. The third-order valence-electron chi connectivity index (χ3n) is 7.79. The molecule has 1 saturated heterocycles. The van der Waals surface area contributed by atoms with Crippen molar-refractivity contribution in [3.05, 3.63) is 34.7 Å². The van der Waals surface area contributed by atoms with Crippen LogP contribution >= 0.6 is 11.3 Å². The van der Waals surface area contributed by atoms with Crippen molar-refractivity contribution < 1.29 is 10.2 Å². The van der Waals surface area contributed by atoms with Gasteiger partial charge >= 0.3 is 0 Å². The molecule has 1 aliphatic heterocycles. The lowest BCUT2D eigenvalue weighted by Crippen LogP contribution is -2.47. The van der Waals surface area contributed by atoms with E-state index in [0.29, 0.717) is 18.4 Å². The number of piperazine rings is 1. The Balaban J connectivity index is 1.28. The highest BCUT2D eigenvalue weighted by Gasteiger charge is 2.39. The first-order valence-electron chi connectivity index (χ1n) is 11.7. The third-order valence-corrected chi connectivity index (χ3v) is 8.69. The van der Waals surface area contributed by atoms with Crippen molar-refractivity contribution in [1.29, 1.82) is 0 Å². The third kappa shape index (κ3) is 4.15. The summed E-state index contributed by atoms with van der Waals surface area (Å²) in [6, 6.07) is 6.54. The van der Waals surface area contributed by atoms with Gasteiger partial charge in [-0.2, -0.15) is 0 Å². The van der Waals surface area contributed by atoms with Gasteiger partial charge in [-0.3, -0.25) is 4.90 Å². The molecule has 2 aromatic rings. The molecule has 2 N–H and O–H groups in total. The van der Waals surface area contributed by atoms with Crippen LogP contribution in [0, 0.1) is 11.8 Å². The first-order chi connectivity index (χ1) is 14.8. The number of fused-ring (bicyclic) bond motifs is 1. The van der Waals surface area contributed by atoms with Crippen molar-refractivity contribution in [2.24, 2.45) is 11.8 Å². The minimum atomic E-state index is -0.771. The predicted molar refractivity (Wildman–Crippen MR) is 127 cm³/mol.